The van der Waals surface area contributed by atoms with Gasteiger partial charge in [0.15, 0.2) is 0 Å². The summed E-state index contributed by atoms with van der Waals surface area (Å²) in [5.41, 5.74) is -0.912. The molecule has 0 bridgehead atoms. The molecular weight excluding hydrogens is 346 g/mol. The van der Waals surface area contributed by atoms with E-state index in [0.29, 0.717) is 12.1 Å². The highest BCUT2D eigenvalue weighted by Gasteiger charge is 2.30. The van der Waals surface area contributed by atoms with Crippen molar-refractivity contribution in [3.63, 3.8) is 0 Å². The van der Waals surface area contributed by atoms with Crippen molar-refractivity contribution < 1.29 is 21.6 Å². The largest absolute Gasteiger partial charge is 0.416 e. The van der Waals surface area contributed by atoms with E-state index in [2.05, 4.69) is 0 Å². The Labute approximate surface area is 102 Å². The molecule has 1 aromatic carbocycles. The highest BCUT2D eigenvalue weighted by molar-refractivity contribution is 14.0. The number of alkyl halides is 3. The van der Waals surface area contributed by atoms with Crippen molar-refractivity contribution in [1.29, 1.82) is 0 Å². The van der Waals surface area contributed by atoms with Crippen LogP contribution in [0.15, 0.2) is 29.2 Å². The normalized spacial score (nSPS) is 12.0. The number of nitrogens with two attached hydrogens (primary N) is 1. The molecule has 0 saturated heterocycles. The Kier molecular flexibility index (Phi) is 4.55. The summed E-state index contributed by atoms with van der Waals surface area (Å²) in [5.74, 6) is 0. The zero-order chi connectivity index (χ0) is 11.0. The second-order valence-corrected chi connectivity index (χ2v) is 4.13. The van der Waals surface area contributed by atoms with Crippen LogP contribution in [0.1, 0.15) is 5.56 Å². The van der Waals surface area contributed by atoms with Gasteiger partial charge in [0, 0.05) is 0 Å². The Hall–Kier alpha value is -0.350. The van der Waals surface area contributed by atoms with Crippen LogP contribution in [0.4, 0.5) is 13.2 Å². The molecule has 86 valence electrons. The summed E-state index contributed by atoms with van der Waals surface area (Å²) in [7, 11) is -3.93. The van der Waals surface area contributed by atoms with E-state index >= 15 is 0 Å². The minimum absolute atomic E-state index is 0. The zero-order valence-corrected chi connectivity index (χ0v) is 10.3. The van der Waals surface area contributed by atoms with Gasteiger partial charge in [0.05, 0.1) is 10.5 Å². The Morgan fingerprint density at radius 2 is 1.47 bits per heavy atom. The van der Waals surface area contributed by atoms with Crippen molar-refractivity contribution >= 4 is 34.0 Å². The van der Waals surface area contributed by atoms with E-state index in [1.165, 1.54) is 0 Å². The van der Waals surface area contributed by atoms with E-state index in [1.807, 2.05) is 0 Å². The maximum atomic E-state index is 12.0. The van der Waals surface area contributed by atoms with E-state index in [-0.39, 0.29) is 28.9 Å². The van der Waals surface area contributed by atoms with Crippen LogP contribution < -0.4 is 5.14 Å². The van der Waals surface area contributed by atoms with Crippen LogP contribution in [0.25, 0.3) is 0 Å². The molecular formula is C7H7F3INO2S. The third-order valence-electron chi connectivity index (χ3n) is 1.51. The van der Waals surface area contributed by atoms with Crippen LogP contribution in [0.3, 0.4) is 0 Å². The number of halogens is 4. The van der Waals surface area contributed by atoms with Crippen LogP contribution in [-0.4, -0.2) is 8.42 Å². The van der Waals surface area contributed by atoms with Crippen LogP contribution in [0, 0.1) is 0 Å². The molecule has 1 rings (SSSR count). The Bertz CT molecular complexity index is 427. The highest BCUT2D eigenvalue weighted by atomic mass is 127. The lowest BCUT2D eigenvalue weighted by Gasteiger charge is -2.06. The zero-order valence-electron chi connectivity index (χ0n) is 7.15. The molecule has 0 aliphatic rings. The molecule has 3 nitrogen and oxygen atoms in total. The first-order valence-corrected chi connectivity index (χ1v) is 4.96. The third kappa shape index (κ3) is 3.95. The van der Waals surface area contributed by atoms with Crippen LogP contribution in [-0.2, 0) is 16.2 Å². The number of benzene rings is 1. The standard InChI is InChI=1S/C7H6F3NO2S.HI/c8-7(9,10)5-1-3-6(4-2-5)14(11,12)13;/h1-4H,(H2,11,12,13);1H. The molecule has 1 aromatic rings. The molecule has 0 amide bonds. The highest BCUT2D eigenvalue weighted by Crippen LogP contribution is 2.29. The molecule has 0 spiro atoms. The predicted octanol–water partition coefficient (Wildman–Crippen LogP) is 1.97. The van der Waals surface area contributed by atoms with E-state index in [1.54, 1.807) is 0 Å². The number of hydrogen-bond donors (Lipinski definition) is 1. The summed E-state index contributed by atoms with van der Waals surface area (Å²) in [6, 6.07) is 2.97. The fraction of sp³-hybridized carbons (Fsp3) is 0.143. The van der Waals surface area contributed by atoms with Gasteiger partial charge in [-0.25, -0.2) is 13.6 Å². The van der Waals surface area contributed by atoms with Crippen LogP contribution >= 0.6 is 24.0 Å². The smallest absolute Gasteiger partial charge is 0.225 e. The first-order valence-electron chi connectivity index (χ1n) is 3.41. The maximum Gasteiger partial charge on any atom is 0.416 e. The first kappa shape index (κ1) is 14.6. The first-order chi connectivity index (χ1) is 6.21. The van der Waals surface area contributed by atoms with Gasteiger partial charge in [-0.1, -0.05) is 0 Å². The van der Waals surface area contributed by atoms with Crippen LogP contribution in [0.2, 0.25) is 0 Å². The SMILES string of the molecule is I.NS(=O)(=O)c1ccc(C(F)(F)F)cc1. The molecule has 0 fully saturated rings. The van der Waals surface area contributed by atoms with Gasteiger partial charge in [-0.3, -0.25) is 0 Å². The average Bonchev–Trinajstić information content (AvgIpc) is 2.01. The van der Waals surface area contributed by atoms with Crippen molar-refractivity contribution in [2.45, 2.75) is 11.1 Å². The minimum Gasteiger partial charge on any atom is -0.225 e. The van der Waals surface area contributed by atoms with Gasteiger partial charge in [-0.05, 0) is 24.3 Å². The summed E-state index contributed by atoms with van der Waals surface area (Å²) in [4.78, 5) is -0.342. The number of rotatable bonds is 1. The van der Waals surface area contributed by atoms with Crippen molar-refractivity contribution in [3.8, 4) is 0 Å². The van der Waals surface area contributed by atoms with E-state index < -0.39 is 21.8 Å². The van der Waals surface area contributed by atoms with Crippen molar-refractivity contribution in [2.24, 2.45) is 5.14 Å². The molecule has 0 aliphatic heterocycles. The molecule has 2 N–H and O–H groups in total. The maximum absolute atomic E-state index is 12.0. The van der Waals surface area contributed by atoms with Gasteiger partial charge in [0.25, 0.3) is 0 Å². The van der Waals surface area contributed by atoms with E-state index in [0.717, 1.165) is 12.1 Å². The lowest BCUT2D eigenvalue weighted by Crippen LogP contribution is -2.12. The third-order valence-corrected chi connectivity index (χ3v) is 2.44. The van der Waals surface area contributed by atoms with E-state index in [4.69, 9.17) is 5.14 Å². The number of sulfonamides is 1. The van der Waals surface area contributed by atoms with Crippen molar-refractivity contribution in [2.75, 3.05) is 0 Å². The molecule has 15 heavy (non-hydrogen) atoms. The number of primary sulfonamides is 1. The number of hydrogen-bond acceptors (Lipinski definition) is 2. The topological polar surface area (TPSA) is 60.2 Å². The summed E-state index contributed by atoms with van der Waals surface area (Å²) in [6.45, 7) is 0. The second kappa shape index (κ2) is 4.66. The lowest BCUT2D eigenvalue weighted by molar-refractivity contribution is -0.137. The van der Waals surface area contributed by atoms with Crippen molar-refractivity contribution in [1.82, 2.24) is 0 Å². The quantitative estimate of drug-likeness (QED) is 0.785. The summed E-state index contributed by atoms with van der Waals surface area (Å²) < 4.78 is 57.5. The predicted molar refractivity (Wildman–Crippen MR) is 58.2 cm³/mol. The fourth-order valence-corrected chi connectivity index (χ4v) is 1.35. The van der Waals surface area contributed by atoms with Crippen molar-refractivity contribution in [3.05, 3.63) is 29.8 Å². The summed E-state index contributed by atoms with van der Waals surface area (Å²) in [5, 5.41) is 4.71. The molecule has 0 unspecified atom stereocenters. The second-order valence-electron chi connectivity index (χ2n) is 2.57. The molecule has 0 aromatic heterocycles. The molecule has 0 aliphatic carbocycles. The van der Waals surface area contributed by atoms with Gasteiger partial charge in [0.1, 0.15) is 0 Å². The molecule has 0 radical (unpaired) electrons. The lowest BCUT2D eigenvalue weighted by atomic mass is 10.2. The van der Waals surface area contributed by atoms with Gasteiger partial charge in [-0.15, -0.1) is 24.0 Å². The van der Waals surface area contributed by atoms with Crippen LogP contribution in [0.5, 0.6) is 0 Å². The average molecular weight is 353 g/mol. The van der Waals surface area contributed by atoms with E-state index in [9.17, 15) is 21.6 Å². The van der Waals surface area contributed by atoms with Gasteiger partial charge in [0.2, 0.25) is 10.0 Å². The molecule has 0 atom stereocenters. The minimum atomic E-state index is -4.48. The molecule has 0 saturated carbocycles. The Morgan fingerprint density at radius 1 is 1.07 bits per heavy atom. The Balaban J connectivity index is 0.00000196. The monoisotopic (exact) mass is 353 g/mol. The molecule has 8 heteroatoms. The fourth-order valence-electron chi connectivity index (χ4n) is 0.834. The van der Waals surface area contributed by atoms with Gasteiger partial charge in [-0.2, -0.15) is 13.2 Å². The Morgan fingerprint density at radius 3 is 1.73 bits per heavy atom. The summed E-state index contributed by atoms with van der Waals surface area (Å²) >= 11 is 0. The van der Waals surface area contributed by atoms with Gasteiger partial charge >= 0.3 is 6.18 Å². The molecule has 0 heterocycles. The van der Waals surface area contributed by atoms with Gasteiger partial charge < -0.3 is 0 Å². The summed E-state index contributed by atoms with van der Waals surface area (Å²) in [6.07, 6.45) is -4.48.